The number of benzene rings is 1. The van der Waals surface area contributed by atoms with Gasteiger partial charge >= 0.3 is 0 Å². The minimum atomic E-state index is -0.365. The summed E-state index contributed by atoms with van der Waals surface area (Å²) in [6, 6.07) is 7.90. The molecule has 1 aromatic carbocycles. The first-order valence-corrected chi connectivity index (χ1v) is 5.74. The zero-order chi connectivity index (χ0) is 12.7. The van der Waals surface area contributed by atoms with Crippen molar-refractivity contribution in [3.05, 3.63) is 59.4 Å². The first kappa shape index (κ1) is 11.0. The molecule has 3 N–H and O–H groups in total. The number of aromatic amines is 1. The Morgan fingerprint density at radius 1 is 1.33 bits per heavy atom. The van der Waals surface area contributed by atoms with Crippen LogP contribution in [-0.4, -0.2) is 4.98 Å². The van der Waals surface area contributed by atoms with Crippen LogP contribution < -0.4 is 5.73 Å². The maximum absolute atomic E-state index is 13.2. The highest BCUT2D eigenvalue weighted by Crippen LogP contribution is 2.31. The number of nitrogens with one attached hydrogen (secondary N) is 1. The maximum Gasteiger partial charge on any atom is 0.134 e. The lowest BCUT2D eigenvalue weighted by Crippen LogP contribution is -2.12. The van der Waals surface area contributed by atoms with Crippen LogP contribution in [-0.2, 0) is 0 Å². The lowest BCUT2D eigenvalue weighted by Gasteiger charge is -2.07. The number of fused-ring (bicyclic) bond motifs is 1. The molecular weight excluding hydrogens is 231 g/mol. The van der Waals surface area contributed by atoms with Gasteiger partial charge in [0.2, 0.25) is 0 Å². The Morgan fingerprint density at radius 3 is 2.89 bits per heavy atom. The molecule has 0 aliphatic heterocycles. The molecule has 92 valence electrons. The highest BCUT2D eigenvalue weighted by atomic mass is 19.1. The van der Waals surface area contributed by atoms with Crippen LogP contribution in [0.2, 0.25) is 0 Å². The monoisotopic (exact) mass is 244 g/mol. The van der Waals surface area contributed by atoms with Crippen molar-refractivity contribution in [2.45, 2.75) is 13.0 Å². The van der Waals surface area contributed by atoms with Gasteiger partial charge in [0.25, 0.3) is 0 Å². The highest BCUT2D eigenvalue weighted by Gasteiger charge is 2.19. The number of furan rings is 1. The van der Waals surface area contributed by atoms with Crippen LogP contribution in [0.3, 0.4) is 0 Å². The van der Waals surface area contributed by atoms with E-state index in [1.54, 1.807) is 6.07 Å². The van der Waals surface area contributed by atoms with Gasteiger partial charge in [0, 0.05) is 22.8 Å². The van der Waals surface area contributed by atoms with Crippen LogP contribution in [0.4, 0.5) is 4.39 Å². The normalized spacial score (nSPS) is 13.1. The molecule has 2 heterocycles. The first-order chi connectivity index (χ1) is 8.66. The molecule has 1 unspecified atom stereocenters. The Morgan fingerprint density at radius 2 is 2.17 bits per heavy atom. The molecule has 0 amide bonds. The number of nitrogens with two attached hydrogens (primary N) is 1. The van der Waals surface area contributed by atoms with Gasteiger partial charge in [-0.3, -0.25) is 0 Å². The zero-order valence-electron chi connectivity index (χ0n) is 9.91. The standard InChI is InChI=1S/C14H13FN2O/c1-8-10-7-9(15)4-5-12(10)18-14(8)13(16)11-3-2-6-17-11/h2-7,13,17H,16H2,1H3. The molecule has 0 aliphatic carbocycles. The number of halogens is 1. The minimum absolute atomic E-state index is 0.272. The van der Waals surface area contributed by atoms with Gasteiger partial charge < -0.3 is 15.1 Å². The van der Waals surface area contributed by atoms with E-state index in [-0.39, 0.29) is 11.9 Å². The van der Waals surface area contributed by atoms with E-state index < -0.39 is 0 Å². The number of aryl methyl sites for hydroxylation is 1. The number of H-pyrrole nitrogens is 1. The number of hydrogen-bond acceptors (Lipinski definition) is 2. The van der Waals surface area contributed by atoms with E-state index >= 15 is 0 Å². The van der Waals surface area contributed by atoms with Gasteiger partial charge in [-0.1, -0.05) is 0 Å². The molecule has 4 heteroatoms. The van der Waals surface area contributed by atoms with E-state index in [9.17, 15) is 4.39 Å². The van der Waals surface area contributed by atoms with Crippen molar-refractivity contribution in [1.82, 2.24) is 4.98 Å². The third kappa shape index (κ3) is 1.62. The van der Waals surface area contributed by atoms with Crippen molar-refractivity contribution in [3.63, 3.8) is 0 Å². The van der Waals surface area contributed by atoms with E-state index in [0.29, 0.717) is 11.3 Å². The summed E-state index contributed by atoms with van der Waals surface area (Å²) in [4.78, 5) is 3.06. The van der Waals surface area contributed by atoms with Gasteiger partial charge in [-0.25, -0.2) is 4.39 Å². The summed E-state index contributed by atoms with van der Waals surface area (Å²) in [5.74, 6) is 0.393. The summed E-state index contributed by atoms with van der Waals surface area (Å²) < 4.78 is 18.9. The quantitative estimate of drug-likeness (QED) is 0.727. The Bertz CT molecular complexity index is 685. The van der Waals surface area contributed by atoms with Crippen molar-refractivity contribution < 1.29 is 8.81 Å². The average Bonchev–Trinajstić information content (AvgIpc) is 2.98. The van der Waals surface area contributed by atoms with E-state index in [0.717, 1.165) is 16.6 Å². The van der Waals surface area contributed by atoms with Crippen LogP contribution in [0.25, 0.3) is 11.0 Å². The Balaban J connectivity index is 2.15. The summed E-state index contributed by atoms with van der Waals surface area (Å²) in [5, 5.41) is 0.770. The molecule has 2 aromatic heterocycles. The van der Waals surface area contributed by atoms with Crippen LogP contribution in [0.15, 0.2) is 40.9 Å². The molecule has 0 saturated carbocycles. The molecule has 0 radical (unpaired) electrons. The van der Waals surface area contributed by atoms with E-state index in [2.05, 4.69) is 4.98 Å². The summed E-state index contributed by atoms with van der Waals surface area (Å²) >= 11 is 0. The first-order valence-electron chi connectivity index (χ1n) is 5.74. The van der Waals surface area contributed by atoms with Gasteiger partial charge in [0.05, 0.1) is 0 Å². The summed E-state index contributed by atoms with van der Waals surface area (Å²) in [6.07, 6.45) is 1.81. The van der Waals surface area contributed by atoms with Crippen molar-refractivity contribution in [2.24, 2.45) is 5.73 Å². The highest BCUT2D eigenvalue weighted by molar-refractivity contribution is 5.82. The second-order valence-electron chi connectivity index (χ2n) is 4.33. The van der Waals surface area contributed by atoms with Gasteiger partial charge in [0.1, 0.15) is 23.2 Å². The molecule has 3 aromatic rings. The van der Waals surface area contributed by atoms with E-state index in [1.807, 2.05) is 25.3 Å². The maximum atomic E-state index is 13.2. The largest absolute Gasteiger partial charge is 0.459 e. The SMILES string of the molecule is Cc1c(C(N)c2ccc[nH]2)oc2ccc(F)cc12. The summed E-state index contributed by atoms with van der Waals surface area (Å²) in [7, 11) is 0. The second kappa shape index (κ2) is 3.99. The zero-order valence-corrected chi connectivity index (χ0v) is 9.91. The van der Waals surface area contributed by atoms with Gasteiger partial charge in [-0.15, -0.1) is 0 Å². The Labute approximate surface area is 103 Å². The molecule has 1 atom stereocenters. The summed E-state index contributed by atoms with van der Waals surface area (Å²) in [5.41, 5.74) is 8.56. The Hall–Kier alpha value is -2.07. The predicted molar refractivity (Wildman–Crippen MR) is 67.7 cm³/mol. The molecule has 0 saturated heterocycles. The average molecular weight is 244 g/mol. The molecule has 0 fully saturated rings. The third-order valence-electron chi connectivity index (χ3n) is 3.17. The summed E-state index contributed by atoms with van der Waals surface area (Å²) in [6.45, 7) is 1.89. The van der Waals surface area contributed by atoms with Crippen molar-refractivity contribution in [1.29, 1.82) is 0 Å². The molecule has 0 spiro atoms. The minimum Gasteiger partial charge on any atom is -0.459 e. The molecule has 0 aliphatic rings. The molecule has 18 heavy (non-hydrogen) atoms. The fraction of sp³-hybridized carbons (Fsp3) is 0.143. The van der Waals surface area contributed by atoms with E-state index in [1.165, 1.54) is 12.1 Å². The smallest absolute Gasteiger partial charge is 0.134 e. The van der Waals surface area contributed by atoms with E-state index in [4.69, 9.17) is 10.2 Å². The fourth-order valence-electron chi connectivity index (χ4n) is 2.19. The fourth-order valence-corrected chi connectivity index (χ4v) is 2.19. The molecule has 3 nitrogen and oxygen atoms in total. The van der Waals surface area contributed by atoms with Gasteiger partial charge in [-0.2, -0.15) is 0 Å². The number of aromatic nitrogens is 1. The Kier molecular flexibility index (Phi) is 2.45. The van der Waals surface area contributed by atoms with Crippen LogP contribution in [0.5, 0.6) is 0 Å². The predicted octanol–water partition coefficient (Wildman–Crippen LogP) is 3.26. The lowest BCUT2D eigenvalue weighted by molar-refractivity contribution is 0.517. The van der Waals surface area contributed by atoms with Crippen LogP contribution in [0.1, 0.15) is 23.1 Å². The lowest BCUT2D eigenvalue weighted by atomic mass is 10.1. The van der Waals surface area contributed by atoms with Crippen LogP contribution >= 0.6 is 0 Å². The molecular formula is C14H13FN2O. The number of hydrogen-bond donors (Lipinski definition) is 2. The van der Waals surface area contributed by atoms with Crippen LogP contribution in [0, 0.1) is 12.7 Å². The molecule has 0 bridgehead atoms. The molecule has 3 rings (SSSR count). The second-order valence-corrected chi connectivity index (χ2v) is 4.33. The van der Waals surface area contributed by atoms with Crippen molar-refractivity contribution in [3.8, 4) is 0 Å². The van der Waals surface area contributed by atoms with Crippen molar-refractivity contribution >= 4 is 11.0 Å². The van der Waals surface area contributed by atoms with Gasteiger partial charge in [0.15, 0.2) is 0 Å². The number of rotatable bonds is 2. The van der Waals surface area contributed by atoms with Crippen molar-refractivity contribution in [2.75, 3.05) is 0 Å². The third-order valence-corrected chi connectivity index (χ3v) is 3.17. The topological polar surface area (TPSA) is 55.0 Å². The van der Waals surface area contributed by atoms with Gasteiger partial charge in [-0.05, 0) is 37.3 Å².